The summed E-state index contributed by atoms with van der Waals surface area (Å²) in [4.78, 5) is 11.1. The number of rotatable bonds is 3. The van der Waals surface area contributed by atoms with Gasteiger partial charge in [0.15, 0.2) is 5.78 Å². The Bertz CT molecular complexity index is 560. The lowest BCUT2D eigenvalue weighted by Gasteiger charge is -2.05. The first kappa shape index (κ1) is 11.5. The normalized spacial score (nSPS) is 10.5. The number of carbonyl (C=O) groups is 1. The maximum Gasteiger partial charge on any atom is 0.162 e. The Labute approximate surface area is 98.9 Å². The molecule has 0 saturated heterocycles. The summed E-state index contributed by atoms with van der Waals surface area (Å²) in [5, 5.41) is 4.10. The highest BCUT2D eigenvalue weighted by molar-refractivity contribution is 5.93. The van der Waals surface area contributed by atoms with Gasteiger partial charge < -0.3 is 0 Å². The lowest BCUT2D eigenvalue weighted by Crippen LogP contribution is -2.02. The van der Waals surface area contributed by atoms with E-state index in [4.69, 9.17) is 0 Å². The van der Waals surface area contributed by atoms with Gasteiger partial charge in [-0.25, -0.2) is 4.39 Å². The van der Waals surface area contributed by atoms with Crippen LogP contribution in [0.4, 0.5) is 4.39 Å². The molecule has 17 heavy (non-hydrogen) atoms. The van der Waals surface area contributed by atoms with Crippen LogP contribution in [0.5, 0.6) is 0 Å². The smallest absolute Gasteiger partial charge is 0.162 e. The predicted molar refractivity (Wildman–Crippen MR) is 62.5 cm³/mol. The van der Waals surface area contributed by atoms with Gasteiger partial charge in [0.2, 0.25) is 0 Å². The molecule has 0 saturated carbocycles. The monoisotopic (exact) mass is 232 g/mol. The van der Waals surface area contributed by atoms with E-state index < -0.39 is 0 Å². The van der Waals surface area contributed by atoms with Crippen LogP contribution in [0.25, 0.3) is 0 Å². The molecular weight excluding hydrogens is 219 g/mol. The molecule has 4 heteroatoms. The fourth-order valence-electron chi connectivity index (χ4n) is 1.64. The third-order valence-electron chi connectivity index (χ3n) is 2.68. The molecule has 88 valence electrons. The molecule has 0 aliphatic carbocycles. The molecule has 0 amide bonds. The van der Waals surface area contributed by atoms with Gasteiger partial charge in [-0.15, -0.1) is 0 Å². The van der Waals surface area contributed by atoms with Crippen LogP contribution in [-0.4, -0.2) is 15.6 Å². The van der Waals surface area contributed by atoms with E-state index in [0.29, 0.717) is 12.1 Å². The van der Waals surface area contributed by atoms with E-state index >= 15 is 0 Å². The summed E-state index contributed by atoms with van der Waals surface area (Å²) in [5.41, 5.74) is 2.46. The molecule has 2 rings (SSSR count). The third kappa shape index (κ3) is 2.58. The van der Waals surface area contributed by atoms with Crippen molar-refractivity contribution >= 4 is 5.78 Å². The zero-order chi connectivity index (χ0) is 12.4. The van der Waals surface area contributed by atoms with Crippen molar-refractivity contribution in [3.05, 3.63) is 53.1 Å². The summed E-state index contributed by atoms with van der Waals surface area (Å²) in [6.45, 7) is 3.90. The summed E-state index contributed by atoms with van der Waals surface area (Å²) in [5.74, 6) is -0.247. The molecule has 0 N–H and O–H groups in total. The van der Waals surface area contributed by atoms with Crippen molar-refractivity contribution in [2.24, 2.45) is 0 Å². The highest BCUT2D eigenvalue weighted by Crippen LogP contribution is 2.12. The zero-order valence-corrected chi connectivity index (χ0v) is 9.77. The fraction of sp³-hybridized carbons (Fsp3) is 0.231. The van der Waals surface area contributed by atoms with E-state index in [1.165, 1.54) is 19.1 Å². The van der Waals surface area contributed by atoms with E-state index in [-0.39, 0.29) is 11.6 Å². The second-order valence-corrected chi connectivity index (χ2v) is 4.05. The molecule has 0 atom stereocenters. The largest absolute Gasteiger partial charge is 0.294 e. The summed E-state index contributed by atoms with van der Waals surface area (Å²) in [7, 11) is 0. The zero-order valence-electron chi connectivity index (χ0n) is 9.77. The molecule has 2 aromatic rings. The van der Waals surface area contributed by atoms with Crippen LogP contribution >= 0.6 is 0 Å². The number of aryl methyl sites for hydroxylation is 1. The van der Waals surface area contributed by atoms with Crippen LogP contribution in [0, 0.1) is 12.7 Å². The fourth-order valence-corrected chi connectivity index (χ4v) is 1.64. The number of Topliss-reactive ketones (excluding diaryl/α,β-unsaturated/α-hetero) is 1. The Balaban J connectivity index is 2.22. The molecule has 1 aromatic heterocycles. The number of halogens is 1. The maximum absolute atomic E-state index is 12.9. The van der Waals surface area contributed by atoms with Gasteiger partial charge in [-0.2, -0.15) is 5.10 Å². The number of aromatic nitrogens is 2. The average molecular weight is 232 g/mol. The molecule has 1 heterocycles. The van der Waals surface area contributed by atoms with E-state index in [2.05, 4.69) is 5.10 Å². The number of nitrogens with zero attached hydrogens (tertiary/aromatic N) is 2. The number of ketones is 1. The van der Waals surface area contributed by atoms with Crippen LogP contribution in [0.3, 0.4) is 0 Å². The summed E-state index contributed by atoms with van der Waals surface area (Å²) in [6, 6.07) is 4.65. The molecule has 0 unspecified atom stereocenters. The minimum atomic E-state index is -0.240. The molecule has 0 aliphatic rings. The van der Waals surface area contributed by atoms with Gasteiger partial charge in [-0.05, 0) is 37.1 Å². The Morgan fingerprint density at radius 3 is 2.82 bits per heavy atom. The van der Waals surface area contributed by atoms with Crippen molar-refractivity contribution in [3.63, 3.8) is 0 Å². The van der Waals surface area contributed by atoms with E-state index in [1.54, 1.807) is 23.1 Å². The van der Waals surface area contributed by atoms with Crippen LogP contribution in [0.1, 0.15) is 28.4 Å². The van der Waals surface area contributed by atoms with E-state index in [9.17, 15) is 9.18 Å². The van der Waals surface area contributed by atoms with Gasteiger partial charge in [0, 0.05) is 6.20 Å². The highest BCUT2D eigenvalue weighted by Gasteiger charge is 2.05. The van der Waals surface area contributed by atoms with Crippen LogP contribution < -0.4 is 0 Å². The van der Waals surface area contributed by atoms with Crippen LogP contribution in [-0.2, 0) is 6.54 Å². The SMILES string of the molecule is CC(=O)c1cnn(Cc2ccc(F)cc2C)c1. The molecule has 0 spiro atoms. The minimum Gasteiger partial charge on any atom is -0.294 e. The number of hydrogen-bond donors (Lipinski definition) is 0. The van der Waals surface area contributed by atoms with Crippen LogP contribution in [0.2, 0.25) is 0 Å². The first-order valence-electron chi connectivity index (χ1n) is 5.34. The molecule has 0 aliphatic heterocycles. The van der Waals surface area contributed by atoms with Gasteiger partial charge in [-0.3, -0.25) is 9.48 Å². The summed E-state index contributed by atoms with van der Waals surface area (Å²) in [6.07, 6.45) is 3.24. The Kier molecular flexibility index (Phi) is 3.04. The predicted octanol–water partition coefficient (Wildman–Crippen LogP) is 2.58. The first-order valence-corrected chi connectivity index (χ1v) is 5.34. The molecule has 0 radical (unpaired) electrons. The van der Waals surface area contributed by atoms with Crippen molar-refractivity contribution in [1.82, 2.24) is 9.78 Å². The van der Waals surface area contributed by atoms with Crippen molar-refractivity contribution < 1.29 is 9.18 Å². The molecule has 0 fully saturated rings. The lowest BCUT2D eigenvalue weighted by molar-refractivity contribution is 0.101. The Hall–Kier alpha value is -1.97. The lowest BCUT2D eigenvalue weighted by atomic mass is 10.1. The molecular formula is C13H13FN2O. The van der Waals surface area contributed by atoms with Gasteiger partial charge in [0.25, 0.3) is 0 Å². The molecule has 3 nitrogen and oxygen atoms in total. The summed E-state index contributed by atoms with van der Waals surface area (Å²) < 4.78 is 14.6. The van der Waals surface area contributed by atoms with Gasteiger partial charge in [0.05, 0.1) is 18.3 Å². The van der Waals surface area contributed by atoms with Crippen molar-refractivity contribution in [1.29, 1.82) is 0 Å². The van der Waals surface area contributed by atoms with Gasteiger partial charge in [-0.1, -0.05) is 6.07 Å². The van der Waals surface area contributed by atoms with E-state index in [1.807, 2.05) is 6.92 Å². The third-order valence-corrected chi connectivity index (χ3v) is 2.68. The van der Waals surface area contributed by atoms with Crippen molar-refractivity contribution in [3.8, 4) is 0 Å². The number of carbonyl (C=O) groups excluding carboxylic acids is 1. The van der Waals surface area contributed by atoms with Gasteiger partial charge >= 0.3 is 0 Å². The molecule has 0 bridgehead atoms. The molecule has 1 aromatic carbocycles. The maximum atomic E-state index is 12.9. The second kappa shape index (κ2) is 4.49. The van der Waals surface area contributed by atoms with Crippen LogP contribution in [0.15, 0.2) is 30.6 Å². The number of benzene rings is 1. The topological polar surface area (TPSA) is 34.9 Å². The summed E-state index contributed by atoms with van der Waals surface area (Å²) >= 11 is 0. The first-order chi connectivity index (χ1) is 8.06. The standard InChI is InChI=1S/C13H13FN2O/c1-9-5-13(14)4-3-11(9)7-16-8-12(6-15-16)10(2)17/h3-6,8H,7H2,1-2H3. The quantitative estimate of drug-likeness (QED) is 0.762. The highest BCUT2D eigenvalue weighted by atomic mass is 19.1. The van der Waals surface area contributed by atoms with Gasteiger partial charge in [0.1, 0.15) is 5.82 Å². The Morgan fingerprint density at radius 1 is 1.47 bits per heavy atom. The van der Waals surface area contributed by atoms with E-state index in [0.717, 1.165) is 11.1 Å². The minimum absolute atomic E-state index is 0.00734. The average Bonchev–Trinajstić information content (AvgIpc) is 2.71. The van der Waals surface area contributed by atoms with Crippen molar-refractivity contribution in [2.45, 2.75) is 20.4 Å². The Morgan fingerprint density at radius 2 is 2.24 bits per heavy atom. The number of hydrogen-bond acceptors (Lipinski definition) is 2. The second-order valence-electron chi connectivity index (χ2n) is 4.05. The van der Waals surface area contributed by atoms with Crippen molar-refractivity contribution in [2.75, 3.05) is 0 Å².